The van der Waals surface area contributed by atoms with Gasteiger partial charge in [0.05, 0.1) is 19.4 Å². The van der Waals surface area contributed by atoms with Crippen molar-refractivity contribution in [2.75, 3.05) is 39.4 Å². The lowest BCUT2D eigenvalue weighted by atomic mass is 9.99. The van der Waals surface area contributed by atoms with Gasteiger partial charge in [0.15, 0.2) is 5.65 Å². The maximum atomic E-state index is 13.1. The number of aryl methyl sites for hydroxylation is 1. The predicted molar refractivity (Wildman–Crippen MR) is 93.6 cm³/mol. The van der Waals surface area contributed by atoms with Gasteiger partial charge >= 0.3 is 0 Å². The van der Waals surface area contributed by atoms with Crippen LogP contribution in [0.5, 0.6) is 0 Å². The average Bonchev–Trinajstić information content (AvgIpc) is 3.25. The Kier molecular flexibility index (Phi) is 4.43. The minimum atomic E-state index is 0.0438. The average molecular weight is 343 g/mol. The summed E-state index contributed by atoms with van der Waals surface area (Å²) in [4.78, 5) is 22.1. The SMILES string of the molecule is CCC1CN(C(=O)c2cnn3ccc(C)nc23)CC1N1CCOCC1. The maximum Gasteiger partial charge on any atom is 0.259 e. The van der Waals surface area contributed by atoms with Crippen LogP contribution in [0.25, 0.3) is 5.65 Å². The van der Waals surface area contributed by atoms with E-state index in [0.29, 0.717) is 23.2 Å². The molecule has 134 valence electrons. The number of fused-ring (bicyclic) bond motifs is 1. The monoisotopic (exact) mass is 343 g/mol. The van der Waals surface area contributed by atoms with Crippen molar-refractivity contribution in [1.82, 2.24) is 24.4 Å². The van der Waals surface area contributed by atoms with E-state index < -0.39 is 0 Å². The number of aromatic nitrogens is 3. The fourth-order valence-electron chi connectivity index (χ4n) is 4.02. The Hall–Kier alpha value is -1.99. The summed E-state index contributed by atoms with van der Waals surface area (Å²) in [5.74, 6) is 0.556. The van der Waals surface area contributed by atoms with Crippen LogP contribution in [0.2, 0.25) is 0 Å². The zero-order valence-corrected chi connectivity index (χ0v) is 14.9. The van der Waals surface area contributed by atoms with Crippen molar-refractivity contribution >= 4 is 11.6 Å². The van der Waals surface area contributed by atoms with Gasteiger partial charge in [0.1, 0.15) is 5.56 Å². The summed E-state index contributed by atoms with van der Waals surface area (Å²) in [6.45, 7) is 9.23. The molecule has 4 heterocycles. The second-order valence-corrected chi connectivity index (χ2v) is 6.99. The highest BCUT2D eigenvalue weighted by atomic mass is 16.5. The summed E-state index contributed by atoms with van der Waals surface area (Å²) in [5, 5.41) is 4.28. The number of morpholine rings is 1. The van der Waals surface area contributed by atoms with Gasteiger partial charge in [-0.15, -0.1) is 0 Å². The van der Waals surface area contributed by atoms with Gasteiger partial charge in [0.2, 0.25) is 0 Å². The van der Waals surface area contributed by atoms with Crippen molar-refractivity contribution in [3.8, 4) is 0 Å². The number of amides is 1. The fraction of sp³-hybridized carbons (Fsp3) is 0.611. The van der Waals surface area contributed by atoms with E-state index in [1.54, 1.807) is 10.7 Å². The number of rotatable bonds is 3. The lowest BCUT2D eigenvalue weighted by Crippen LogP contribution is -2.47. The molecule has 7 nitrogen and oxygen atoms in total. The lowest BCUT2D eigenvalue weighted by molar-refractivity contribution is 0.0103. The van der Waals surface area contributed by atoms with Crippen LogP contribution in [0.4, 0.5) is 0 Å². The minimum Gasteiger partial charge on any atom is -0.379 e. The highest BCUT2D eigenvalue weighted by molar-refractivity contribution is 5.99. The van der Waals surface area contributed by atoms with Crippen LogP contribution in [-0.4, -0.2) is 75.7 Å². The number of carbonyl (C=O) groups is 1. The largest absolute Gasteiger partial charge is 0.379 e. The van der Waals surface area contributed by atoms with Crippen LogP contribution in [0.1, 0.15) is 29.4 Å². The maximum absolute atomic E-state index is 13.1. The van der Waals surface area contributed by atoms with Crippen LogP contribution >= 0.6 is 0 Å². The molecule has 4 rings (SSSR count). The summed E-state index contributed by atoms with van der Waals surface area (Å²) in [6.07, 6.45) is 4.58. The van der Waals surface area contributed by atoms with Gasteiger partial charge in [-0.1, -0.05) is 13.3 Å². The summed E-state index contributed by atoms with van der Waals surface area (Å²) in [7, 11) is 0. The van der Waals surface area contributed by atoms with Gasteiger partial charge < -0.3 is 9.64 Å². The quantitative estimate of drug-likeness (QED) is 0.839. The fourth-order valence-corrected chi connectivity index (χ4v) is 4.02. The van der Waals surface area contributed by atoms with Gasteiger partial charge in [-0.05, 0) is 18.9 Å². The van der Waals surface area contributed by atoms with Gasteiger partial charge in [-0.25, -0.2) is 9.50 Å². The number of likely N-dealkylation sites (tertiary alicyclic amines) is 1. The van der Waals surface area contributed by atoms with Gasteiger partial charge in [-0.2, -0.15) is 5.10 Å². The first-order valence-electron chi connectivity index (χ1n) is 9.09. The van der Waals surface area contributed by atoms with E-state index in [4.69, 9.17) is 4.74 Å². The lowest BCUT2D eigenvalue weighted by Gasteiger charge is -2.34. The molecule has 2 saturated heterocycles. The van der Waals surface area contributed by atoms with E-state index in [1.165, 1.54) is 0 Å². The summed E-state index contributed by atoms with van der Waals surface area (Å²) >= 11 is 0. The van der Waals surface area contributed by atoms with Crippen molar-refractivity contribution < 1.29 is 9.53 Å². The minimum absolute atomic E-state index is 0.0438. The molecule has 2 aromatic heterocycles. The molecule has 2 fully saturated rings. The van der Waals surface area contributed by atoms with Crippen LogP contribution in [0.15, 0.2) is 18.5 Å². The third kappa shape index (κ3) is 3.02. The van der Waals surface area contributed by atoms with Crippen LogP contribution in [-0.2, 0) is 4.74 Å². The van der Waals surface area contributed by atoms with E-state index >= 15 is 0 Å². The molecule has 7 heteroatoms. The first-order valence-corrected chi connectivity index (χ1v) is 9.09. The molecule has 25 heavy (non-hydrogen) atoms. The van der Waals surface area contributed by atoms with Crippen molar-refractivity contribution in [3.05, 3.63) is 29.7 Å². The predicted octanol–water partition coefficient (Wildman–Crippen LogP) is 1.22. The second-order valence-electron chi connectivity index (χ2n) is 6.99. The molecule has 2 atom stereocenters. The smallest absolute Gasteiger partial charge is 0.259 e. The highest BCUT2D eigenvalue weighted by Gasteiger charge is 2.38. The number of hydrogen-bond acceptors (Lipinski definition) is 5. The first kappa shape index (κ1) is 16.5. The molecular formula is C18H25N5O2. The van der Waals surface area contributed by atoms with Crippen LogP contribution in [0.3, 0.4) is 0 Å². The van der Waals surface area contributed by atoms with Gasteiger partial charge in [0.25, 0.3) is 5.91 Å². The molecule has 2 unspecified atom stereocenters. The topological polar surface area (TPSA) is 63.0 Å². The molecule has 0 spiro atoms. The number of carbonyl (C=O) groups excluding carboxylic acids is 1. The molecule has 1 amide bonds. The number of ether oxygens (including phenoxy) is 1. The molecule has 0 aliphatic carbocycles. The summed E-state index contributed by atoms with van der Waals surface area (Å²) < 4.78 is 7.15. The van der Waals surface area contributed by atoms with Crippen molar-refractivity contribution in [2.24, 2.45) is 5.92 Å². The molecule has 0 saturated carbocycles. The Morgan fingerprint density at radius 3 is 2.88 bits per heavy atom. The van der Waals surface area contributed by atoms with Crippen molar-refractivity contribution in [3.63, 3.8) is 0 Å². The number of hydrogen-bond donors (Lipinski definition) is 0. The third-order valence-corrected chi connectivity index (χ3v) is 5.47. The van der Waals surface area contributed by atoms with E-state index in [1.807, 2.05) is 24.1 Å². The second kappa shape index (κ2) is 6.72. The van der Waals surface area contributed by atoms with Gasteiger partial charge in [0, 0.05) is 44.1 Å². The molecule has 0 radical (unpaired) electrons. The van der Waals surface area contributed by atoms with E-state index in [-0.39, 0.29) is 5.91 Å². The Balaban J connectivity index is 1.56. The Morgan fingerprint density at radius 2 is 2.12 bits per heavy atom. The van der Waals surface area contributed by atoms with E-state index in [0.717, 1.165) is 51.5 Å². The molecule has 2 aliphatic rings. The summed E-state index contributed by atoms with van der Waals surface area (Å²) in [5.41, 5.74) is 2.13. The van der Waals surface area contributed by atoms with Crippen LogP contribution in [0, 0.1) is 12.8 Å². The first-order chi connectivity index (χ1) is 12.2. The molecule has 0 aromatic carbocycles. The third-order valence-electron chi connectivity index (χ3n) is 5.47. The normalized spacial score (nSPS) is 25.0. The van der Waals surface area contributed by atoms with Crippen LogP contribution < -0.4 is 0 Å². The Bertz CT molecular complexity index is 768. The molecule has 2 aromatic rings. The molecule has 2 aliphatic heterocycles. The van der Waals surface area contributed by atoms with E-state index in [9.17, 15) is 4.79 Å². The van der Waals surface area contributed by atoms with Crippen molar-refractivity contribution in [1.29, 1.82) is 0 Å². The zero-order chi connectivity index (χ0) is 17.4. The zero-order valence-electron chi connectivity index (χ0n) is 14.9. The van der Waals surface area contributed by atoms with Crippen molar-refractivity contribution in [2.45, 2.75) is 26.3 Å². The molecule has 0 N–H and O–H groups in total. The summed E-state index contributed by atoms with van der Waals surface area (Å²) in [6, 6.07) is 2.32. The Labute approximate surface area is 147 Å². The Morgan fingerprint density at radius 1 is 1.32 bits per heavy atom. The number of nitrogens with zero attached hydrogens (tertiary/aromatic N) is 5. The van der Waals surface area contributed by atoms with Gasteiger partial charge in [-0.3, -0.25) is 9.69 Å². The standard InChI is InChI=1S/C18H25N5O2/c1-3-14-11-22(12-16(14)21-6-8-25-9-7-21)18(24)15-10-19-23-5-4-13(2)20-17(15)23/h4-5,10,14,16H,3,6-9,11-12H2,1-2H3. The molecular weight excluding hydrogens is 318 g/mol. The molecule has 0 bridgehead atoms. The highest BCUT2D eigenvalue weighted by Crippen LogP contribution is 2.27. The van der Waals surface area contributed by atoms with E-state index in [2.05, 4.69) is 21.9 Å².